The first-order valence-corrected chi connectivity index (χ1v) is 6.12. The van der Waals surface area contributed by atoms with Gasteiger partial charge in [0.25, 0.3) is 5.91 Å². The minimum atomic E-state index is 0.0243. The molecule has 0 spiro atoms. The molecule has 1 saturated heterocycles. The van der Waals surface area contributed by atoms with Gasteiger partial charge in [0, 0.05) is 24.7 Å². The Morgan fingerprint density at radius 1 is 1.32 bits per heavy atom. The number of nitrogens with two attached hydrogens (primary N) is 1. The van der Waals surface area contributed by atoms with Gasteiger partial charge in [0.15, 0.2) is 0 Å². The number of nitrogens with zero attached hydrogens (tertiary/aromatic N) is 5. The van der Waals surface area contributed by atoms with Crippen molar-refractivity contribution in [3.8, 4) is 5.69 Å². The second-order valence-corrected chi connectivity index (χ2v) is 4.60. The van der Waals surface area contributed by atoms with Crippen molar-refractivity contribution in [2.24, 2.45) is 5.73 Å². The Morgan fingerprint density at radius 3 is 2.68 bits per heavy atom. The van der Waals surface area contributed by atoms with Crippen LogP contribution in [-0.2, 0) is 0 Å². The summed E-state index contributed by atoms with van der Waals surface area (Å²) >= 11 is 0. The molecule has 2 heterocycles. The first-order valence-electron chi connectivity index (χ1n) is 6.12. The maximum absolute atomic E-state index is 12.2. The predicted molar refractivity (Wildman–Crippen MR) is 67.6 cm³/mol. The van der Waals surface area contributed by atoms with E-state index in [2.05, 4.69) is 15.5 Å². The minimum absolute atomic E-state index is 0.0243. The number of carbonyl (C=O) groups is 1. The molecule has 3 rings (SSSR count). The average Bonchev–Trinajstić information content (AvgIpc) is 3.09. The van der Waals surface area contributed by atoms with Gasteiger partial charge >= 0.3 is 0 Å². The topological polar surface area (TPSA) is 89.9 Å². The van der Waals surface area contributed by atoms with E-state index in [9.17, 15) is 4.79 Å². The van der Waals surface area contributed by atoms with E-state index >= 15 is 0 Å². The highest BCUT2D eigenvalue weighted by atomic mass is 16.2. The maximum Gasteiger partial charge on any atom is 0.253 e. The summed E-state index contributed by atoms with van der Waals surface area (Å²) in [4.78, 5) is 14.0. The maximum atomic E-state index is 12.2. The lowest BCUT2D eigenvalue weighted by Crippen LogP contribution is -2.31. The molecule has 1 aliphatic rings. The van der Waals surface area contributed by atoms with Crippen molar-refractivity contribution in [1.82, 2.24) is 25.1 Å². The number of carbonyl (C=O) groups excluding carboxylic acids is 1. The molecule has 98 valence electrons. The third-order valence-corrected chi connectivity index (χ3v) is 3.24. The first-order chi connectivity index (χ1) is 9.24. The van der Waals surface area contributed by atoms with Gasteiger partial charge in [-0.25, -0.2) is 4.68 Å². The molecule has 1 amide bonds. The van der Waals surface area contributed by atoms with E-state index in [0.29, 0.717) is 12.1 Å². The molecule has 1 aromatic carbocycles. The monoisotopic (exact) mass is 258 g/mol. The molecule has 0 saturated carbocycles. The van der Waals surface area contributed by atoms with Crippen LogP contribution in [0.4, 0.5) is 0 Å². The van der Waals surface area contributed by atoms with Crippen LogP contribution >= 0.6 is 0 Å². The van der Waals surface area contributed by atoms with Crippen molar-refractivity contribution in [2.45, 2.75) is 12.5 Å². The Labute approximate surface area is 110 Å². The van der Waals surface area contributed by atoms with Crippen molar-refractivity contribution in [3.63, 3.8) is 0 Å². The smallest absolute Gasteiger partial charge is 0.253 e. The Bertz CT molecular complexity index is 564. The fourth-order valence-electron chi connectivity index (χ4n) is 2.19. The molecule has 19 heavy (non-hydrogen) atoms. The van der Waals surface area contributed by atoms with Crippen molar-refractivity contribution in [2.75, 3.05) is 13.1 Å². The molecule has 1 atom stereocenters. The molecular formula is C12H14N6O. The highest BCUT2D eigenvalue weighted by Crippen LogP contribution is 2.14. The fraction of sp³-hybridized carbons (Fsp3) is 0.333. The Hall–Kier alpha value is -2.28. The van der Waals surface area contributed by atoms with Gasteiger partial charge in [-0.05, 0) is 41.1 Å². The molecule has 0 radical (unpaired) electrons. The number of likely N-dealkylation sites (tertiary alicyclic amines) is 1. The summed E-state index contributed by atoms with van der Waals surface area (Å²) < 4.78 is 1.54. The van der Waals surface area contributed by atoms with Crippen LogP contribution in [0.1, 0.15) is 16.8 Å². The molecule has 2 aromatic rings. The Balaban J connectivity index is 1.77. The van der Waals surface area contributed by atoms with Crippen LogP contribution in [0.3, 0.4) is 0 Å². The summed E-state index contributed by atoms with van der Waals surface area (Å²) in [6.07, 6.45) is 2.38. The quantitative estimate of drug-likeness (QED) is 0.808. The highest BCUT2D eigenvalue weighted by molar-refractivity contribution is 5.94. The molecule has 1 unspecified atom stereocenters. The van der Waals surface area contributed by atoms with E-state index in [0.717, 1.165) is 18.7 Å². The molecule has 0 aliphatic carbocycles. The van der Waals surface area contributed by atoms with Crippen LogP contribution in [0, 0.1) is 0 Å². The molecule has 2 N–H and O–H groups in total. The lowest BCUT2D eigenvalue weighted by molar-refractivity contribution is 0.0791. The molecule has 0 bridgehead atoms. The van der Waals surface area contributed by atoms with Crippen molar-refractivity contribution in [1.29, 1.82) is 0 Å². The zero-order valence-corrected chi connectivity index (χ0v) is 10.3. The minimum Gasteiger partial charge on any atom is -0.337 e. The first kappa shape index (κ1) is 11.8. The van der Waals surface area contributed by atoms with Gasteiger partial charge in [-0.3, -0.25) is 4.79 Å². The van der Waals surface area contributed by atoms with Gasteiger partial charge in [-0.15, -0.1) is 5.10 Å². The van der Waals surface area contributed by atoms with E-state index in [1.165, 1.54) is 6.33 Å². The molecular weight excluding hydrogens is 244 g/mol. The van der Waals surface area contributed by atoms with Crippen LogP contribution in [0.2, 0.25) is 0 Å². The van der Waals surface area contributed by atoms with Gasteiger partial charge in [-0.2, -0.15) is 0 Å². The summed E-state index contributed by atoms with van der Waals surface area (Å²) in [5, 5.41) is 10.9. The summed E-state index contributed by atoms with van der Waals surface area (Å²) in [5.74, 6) is 0.0243. The average molecular weight is 258 g/mol. The van der Waals surface area contributed by atoms with Crippen LogP contribution in [0.15, 0.2) is 30.6 Å². The van der Waals surface area contributed by atoms with E-state index < -0.39 is 0 Å². The van der Waals surface area contributed by atoms with E-state index in [4.69, 9.17) is 5.73 Å². The zero-order valence-electron chi connectivity index (χ0n) is 10.3. The summed E-state index contributed by atoms with van der Waals surface area (Å²) in [6.45, 7) is 1.36. The summed E-state index contributed by atoms with van der Waals surface area (Å²) in [7, 11) is 0. The Kier molecular flexibility index (Phi) is 2.96. The predicted octanol–water partition coefficient (Wildman–Crippen LogP) is -0.165. The Morgan fingerprint density at radius 2 is 2.11 bits per heavy atom. The number of hydrogen-bond acceptors (Lipinski definition) is 5. The normalized spacial score (nSPS) is 18.8. The standard InChI is InChI=1S/C12H14N6O/c13-10-5-6-17(7-10)12(19)9-1-3-11(4-2-9)18-8-14-15-16-18/h1-4,8,10H,5-7,13H2. The van der Waals surface area contributed by atoms with Gasteiger partial charge in [0.1, 0.15) is 6.33 Å². The number of benzene rings is 1. The molecule has 1 aliphatic heterocycles. The second kappa shape index (κ2) is 4.77. The van der Waals surface area contributed by atoms with Gasteiger partial charge < -0.3 is 10.6 Å². The van der Waals surface area contributed by atoms with Crippen LogP contribution in [0.5, 0.6) is 0 Å². The third-order valence-electron chi connectivity index (χ3n) is 3.24. The zero-order chi connectivity index (χ0) is 13.2. The van der Waals surface area contributed by atoms with Crippen LogP contribution < -0.4 is 5.73 Å². The second-order valence-electron chi connectivity index (χ2n) is 4.60. The van der Waals surface area contributed by atoms with E-state index in [1.54, 1.807) is 21.7 Å². The van der Waals surface area contributed by atoms with Crippen LogP contribution in [-0.4, -0.2) is 50.1 Å². The van der Waals surface area contributed by atoms with E-state index in [-0.39, 0.29) is 11.9 Å². The van der Waals surface area contributed by atoms with Gasteiger partial charge in [0.05, 0.1) is 5.69 Å². The number of aromatic nitrogens is 4. The molecule has 1 aromatic heterocycles. The van der Waals surface area contributed by atoms with Crippen molar-refractivity contribution >= 4 is 5.91 Å². The summed E-state index contributed by atoms with van der Waals surface area (Å²) in [6, 6.07) is 7.30. The van der Waals surface area contributed by atoms with Crippen LogP contribution in [0.25, 0.3) is 5.69 Å². The number of tetrazole rings is 1. The van der Waals surface area contributed by atoms with Crippen molar-refractivity contribution in [3.05, 3.63) is 36.2 Å². The SMILES string of the molecule is NC1CCN(C(=O)c2ccc(-n3cnnn3)cc2)C1. The van der Waals surface area contributed by atoms with E-state index in [1.807, 2.05) is 12.1 Å². The van der Waals surface area contributed by atoms with Gasteiger partial charge in [-0.1, -0.05) is 0 Å². The van der Waals surface area contributed by atoms with Gasteiger partial charge in [0.2, 0.25) is 0 Å². The third kappa shape index (κ3) is 2.32. The number of hydrogen-bond donors (Lipinski definition) is 1. The summed E-state index contributed by atoms with van der Waals surface area (Å²) in [5.41, 5.74) is 7.29. The van der Waals surface area contributed by atoms with Crippen molar-refractivity contribution < 1.29 is 4.79 Å². The molecule has 1 fully saturated rings. The lowest BCUT2D eigenvalue weighted by Gasteiger charge is -2.15. The highest BCUT2D eigenvalue weighted by Gasteiger charge is 2.24. The number of amides is 1. The largest absolute Gasteiger partial charge is 0.337 e. The molecule has 7 nitrogen and oxygen atoms in total. The lowest BCUT2D eigenvalue weighted by atomic mass is 10.2. The number of rotatable bonds is 2. The fourth-order valence-corrected chi connectivity index (χ4v) is 2.19. The molecule has 7 heteroatoms.